The van der Waals surface area contributed by atoms with E-state index in [1.54, 1.807) is 12.4 Å². The van der Waals surface area contributed by atoms with Crippen molar-refractivity contribution >= 4 is 11.9 Å². The zero-order valence-electron chi connectivity index (χ0n) is 12.6. The number of nitrogens with one attached hydrogen (secondary N) is 1. The lowest BCUT2D eigenvalue weighted by molar-refractivity contribution is -0.145. The van der Waals surface area contributed by atoms with Crippen LogP contribution in [0.15, 0.2) is 12.4 Å². The molecule has 2 heterocycles. The van der Waals surface area contributed by atoms with Crippen LogP contribution in [0.1, 0.15) is 18.9 Å². The van der Waals surface area contributed by atoms with Crippen LogP contribution in [0.25, 0.3) is 0 Å². The molecule has 0 amide bonds. The fourth-order valence-electron chi connectivity index (χ4n) is 2.36. The lowest BCUT2D eigenvalue weighted by atomic mass is 10.1. The summed E-state index contributed by atoms with van der Waals surface area (Å²) in [7, 11) is 1.85. The Morgan fingerprint density at radius 2 is 2.14 bits per heavy atom. The van der Waals surface area contributed by atoms with Crippen LogP contribution in [0.3, 0.4) is 0 Å². The van der Waals surface area contributed by atoms with Crippen LogP contribution < -0.4 is 5.32 Å². The van der Waals surface area contributed by atoms with Crippen molar-refractivity contribution < 1.29 is 9.90 Å². The zero-order chi connectivity index (χ0) is 15.2. The fourth-order valence-corrected chi connectivity index (χ4v) is 2.36. The van der Waals surface area contributed by atoms with E-state index in [1.807, 2.05) is 11.9 Å². The minimum absolute atomic E-state index is 0.440. The molecular weight excluding hydrogens is 270 g/mol. The molecule has 1 saturated heterocycles. The summed E-state index contributed by atoms with van der Waals surface area (Å²) in [4.78, 5) is 23.8. The van der Waals surface area contributed by atoms with Crippen LogP contribution in [0, 0.1) is 0 Å². The summed E-state index contributed by atoms with van der Waals surface area (Å²) >= 11 is 0. The smallest absolute Gasteiger partial charge is 0.322 e. The molecule has 7 heteroatoms. The average molecular weight is 293 g/mol. The summed E-state index contributed by atoms with van der Waals surface area (Å²) in [6.45, 7) is 5.78. The first-order chi connectivity index (χ1) is 10.1. The molecule has 2 N–H and O–H groups in total. The number of aliphatic carboxylic acids is 1. The molecule has 0 spiro atoms. The Bertz CT molecular complexity index is 465. The Labute approximate surface area is 125 Å². The van der Waals surface area contributed by atoms with E-state index in [0.29, 0.717) is 19.0 Å². The van der Waals surface area contributed by atoms with Gasteiger partial charge < -0.3 is 10.4 Å². The molecule has 0 unspecified atom stereocenters. The minimum atomic E-state index is -0.766. The van der Waals surface area contributed by atoms with Crippen molar-refractivity contribution in [3.63, 3.8) is 0 Å². The van der Waals surface area contributed by atoms with Gasteiger partial charge in [-0.2, -0.15) is 0 Å². The lowest BCUT2D eigenvalue weighted by Crippen LogP contribution is -2.54. The summed E-state index contributed by atoms with van der Waals surface area (Å²) < 4.78 is 0. The van der Waals surface area contributed by atoms with E-state index in [-0.39, 0.29) is 0 Å². The van der Waals surface area contributed by atoms with Gasteiger partial charge in [0.15, 0.2) is 0 Å². The molecule has 21 heavy (non-hydrogen) atoms. The zero-order valence-corrected chi connectivity index (χ0v) is 12.6. The Hall–Kier alpha value is -1.73. The number of hydrogen-bond acceptors (Lipinski definition) is 6. The number of likely N-dealkylation sites (N-methyl/N-ethyl adjacent to an activating group) is 1. The molecule has 1 aromatic heterocycles. The highest BCUT2D eigenvalue weighted by Gasteiger charge is 2.29. The van der Waals surface area contributed by atoms with Gasteiger partial charge in [-0.3, -0.25) is 14.6 Å². The summed E-state index contributed by atoms with van der Waals surface area (Å²) in [5, 5.41) is 12.3. The number of carbonyl (C=O) groups is 1. The molecular formula is C14H23N5O2. The van der Waals surface area contributed by atoms with Crippen molar-refractivity contribution in [3.8, 4) is 0 Å². The van der Waals surface area contributed by atoms with Gasteiger partial charge in [-0.15, -0.1) is 0 Å². The highest BCUT2D eigenvalue weighted by molar-refractivity contribution is 5.73. The van der Waals surface area contributed by atoms with Crippen LogP contribution in [-0.4, -0.2) is 70.1 Å². The predicted molar refractivity (Wildman–Crippen MR) is 80.1 cm³/mol. The summed E-state index contributed by atoms with van der Waals surface area (Å²) in [5.41, 5.74) is 1.01. The van der Waals surface area contributed by atoms with Gasteiger partial charge in [-0.05, 0) is 13.5 Å². The quantitative estimate of drug-likeness (QED) is 0.790. The van der Waals surface area contributed by atoms with Crippen molar-refractivity contribution in [2.75, 3.05) is 38.5 Å². The van der Waals surface area contributed by atoms with E-state index >= 15 is 0 Å². The van der Waals surface area contributed by atoms with Crippen molar-refractivity contribution in [2.24, 2.45) is 0 Å². The van der Waals surface area contributed by atoms with Gasteiger partial charge in [0, 0.05) is 50.7 Å². The maximum atomic E-state index is 11.2. The van der Waals surface area contributed by atoms with Crippen molar-refractivity contribution in [3.05, 3.63) is 18.0 Å². The third-order valence-corrected chi connectivity index (χ3v) is 3.66. The molecule has 0 saturated carbocycles. The summed E-state index contributed by atoms with van der Waals surface area (Å²) in [5.74, 6) is -0.125. The van der Waals surface area contributed by atoms with Gasteiger partial charge >= 0.3 is 5.97 Å². The Balaban J connectivity index is 1.90. The van der Waals surface area contributed by atoms with Gasteiger partial charge in [-0.1, -0.05) is 6.92 Å². The molecule has 1 aliphatic rings. The normalized spacial score (nSPS) is 20.4. The third kappa shape index (κ3) is 4.37. The molecule has 116 valence electrons. The van der Waals surface area contributed by atoms with Crippen LogP contribution >= 0.6 is 0 Å². The Morgan fingerprint density at radius 1 is 1.43 bits per heavy atom. The summed E-state index contributed by atoms with van der Waals surface area (Å²) in [6, 6.07) is -0.440. The monoisotopic (exact) mass is 293 g/mol. The number of carboxylic acids is 1. The van der Waals surface area contributed by atoms with Crippen LogP contribution in [0.2, 0.25) is 0 Å². The number of rotatable bonds is 6. The van der Waals surface area contributed by atoms with Crippen molar-refractivity contribution in [1.82, 2.24) is 19.8 Å². The van der Waals surface area contributed by atoms with Crippen LogP contribution in [0.4, 0.5) is 5.95 Å². The first kappa shape index (κ1) is 15.7. The molecule has 1 atom stereocenters. The van der Waals surface area contributed by atoms with E-state index in [1.165, 1.54) is 0 Å². The minimum Gasteiger partial charge on any atom is -0.480 e. The molecule has 7 nitrogen and oxygen atoms in total. The molecule has 2 rings (SSSR count). The van der Waals surface area contributed by atoms with Crippen LogP contribution in [-0.2, 0) is 11.3 Å². The molecule has 0 aliphatic carbocycles. The van der Waals surface area contributed by atoms with Crippen molar-refractivity contribution in [2.45, 2.75) is 25.9 Å². The van der Waals surface area contributed by atoms with Gasteiger partial charge in [0.2, 0.25) is 5.95 Å². The first-order valence-electron chi connectivity index (χ1n) is 7.30. The fraction of sp³-hybridized carbons (Fsp3) is 0.643. The van der Waals surface area contributed by atoms with E-state index < -0.39 is 12.0 Å². The van der Waals surface area contributed by atoms with E-state index in [4.69, 9.17) is 0 Å². The number of nitrogens with zero attached hydrogens (tertiary/aromatic N) is 4. The molecule has 0 bridgehead atoms. The van der Waals surface area contributed by atoms with Gasteiger partial charge in [0.05, 0.1) is 0 Å². The van der Waals surface area contributed by atoms with Gasteiger partial charge in [0.25, 0.3) is 0 Å². The number of hydrogen-bond donors (Lipinski definition) is 2. The topological polar surface area (TPSA) is 81.6 Å². The number of piperazine rings is 1. The molecule has 1 fully saturated rings. The maximum absolute atomic E-state index is 11.2. The summed E-state index contributed by atoms with van der Waals surface area (Å²) in [6.07, 6.45) is 4.64. The van der Waals surface area contributed by atoms with E-state index in [0.717, 1.165) is 31.6 Å². The van der Waals surface area contributed by atoms with Crippen LogP contribution in [0.5, 0.6) is 0 Å². The standard InChI is InChI=1S/C14H23N5O2/c1-3-4-15-14-16-7-11(8-17-14)9-19-6-5-18(2)12(10-19)13(20)21/h7-8,12H,3-6,9-10H2,1-2H3,(H,20,21)(H,15,16,17)/t12-/m0/s1. The maximum Gasteiger partial charge on any atom is 0.322 e. The second-order valence-electron chi connectivity index (χ2n) is 5.41. The number of carboxylic acid groups (broad SMARTS) is 1. The average Bonchev–Trinajstić information content (AvgIpc) is 2.48. The SMILES string of the molecule is CCCNc1ncc(CN2CCN(C)[C@H](C(=O)O)C2)cn1. The highest BCUT2D eigenvalue weighted by atomic mass is 16.4. The van der Waals surface area contributed by atoms with E-state index in [9.17, 15) is 9.90 Å². The predicted octanol–water partition coefficient (Wildman–Crippen LogP) is 0.499. The largest absolute Gasteiger partial charge is 0.480 e. The van der Waals surface area contributed by atoms with Crippen molar-refractivity contribution in [1.29, 1.82) is 0 Å². The van der Waals surface area contributed by atoms with Gasteiger partial charge in [-0.25, -0.2) is 9.97 Å². The second kappa shape index (κ2) is 7.33. The first-order valence-corrected chi connectivity index (χ1v) is 7.30. The molecule has 0 radical (unpaired) electrons. The number of anilines is 1. The number of aromatic nitrogens is 2. The molecule has 1 aliphatic heterocycles. The lowest BCUT2D eigenvalue weighted by Gasteiger charge is -2.37. The van der Waals surface area contributed by atoms with Gasteiger partial charge in [0.1, 0.15) is 6.04 Å². The highest BCUT2D eigenvalue weighted by Crippen LogP contribution is 2.12. The second-order valence-corrected chi connectivity index (χ2v) is 5.41. The molecule has 0 aromatic carbocycles. The Kier molecular flexibility index (Phi) is 5.46. The van der Waals surface area contributed by atoms with E-state index in [2.05, 4.69) is 27.1 Å². The Morgan fingerprint density at radius 3 is 2.76 bits per heavy atom. The third-order valence-electron chi connectivity index (χ3n) is 3.66. The molecule has 1 aromatic rings.